The van der Waals surface area contributed by atoms with Crippen molar-refractivity contribution in [2.24, 2.45) is 0 Å². The lowest BCUT2D eigenvalue weighted by atomic mass is 10.1. The summed E-state index contributed by atoms with van der Waals surface area (Å²) in [7, 11) is 0. The molecule has 88 valence electrons. The molecule has 0 radical (unpaired) electrons. The van der Waals surface area contributed by atoms with Crippen LogP contribution in [0.25, 0.3) is 0 Å². The highest BCUT2D eigenvalue weighted by atomic mass is 19.1. The molecule has 2 atom stereocenters. The van der Waals surface area contributed by atoms with Crippen LogP contribution in [0, 0.1) is 13.8 Å². The monoisotopic (exact) mass is 225 g/mol. The first kappa shape index (κ1) is 11.2. The predicted molar refractivity (Wildman–Crippen MR) is 58.2 cm³/mol. The topological polar surface area (TPSA) is 42.2 Å². The van der Waals surface area contributed by atoms with Crippen molar-refractivity contribution in [3.63, 3.8) is 0 Å². The second-order valence-corrected chi connectivity index (χ2v) is 4.43. The number of carbonyl (C=O) groups is 1. The molecule has 1 heterocycles. The lowest BCUT2D eigenvalue weighted by Crippen LogP contribution is -2.33. The summed E-state index contributed by atoms with van der Waals surface area (Å²) < 4.78 is 18.1. The van der Waals surface area contributed by atoms with Crippen molar-refractivity contribution >= 4 is 5.91 Å². The Balaban J connectivity index is 2.03. The van der Waals surface area contributed by atoms with Gasteiger partial charge in [-0.15, -0.1) is 0 Å². The number of aryl methyl sites for hydroxylation is 2. The maximum atomic E-state index is 13.0. The zero-order valence-corrected chi connectivity index (χ0v) is 9.55. The normalized spacial score (nSPS) is 24.7. The van der Waals surface area contributed by atoms with Crippen LogP contribution in [0.5, 0.6) is 0 Å². The van der Waals surface area contributed by atoms with Crippen molar-refractivity contribution < 1.29 is 13.6 Å². The quantitative estimate of drug-likeness (QED) is 0.840. The van der Waals surface area contributed by atoms with Crippen LogP contribution in [0.1, 0.15) is 40.9 Å². The number of hydrogen-bond acceptors (Lipinski definition) is 2. The Morgan fingerprint density at radius 1 is 1.50 bits per heavy atom. The maximum Gasteiger partial charge on any atom is 0.255 e. The van der Waals surface area contributed by atoms with E-state index in [4.69, 9.17) is 4.42 Å². The average molecular weight is 225 g/mol. The van der Waals surface area contributed by atoms with Gasteiger partial charge in [-0.25, -0.2) is 4.39 Å². The number of alkyl halides is 1. The number of furan rings is 1. The Kier molecular flexibility index (Phi) is 2.99. The first-order valence-corrected chi connectivity index (χ1v) is 5.57. The summed E-state index contributed by atoms with van der Waals surface area (Å²) in [5.41, 5.74) is 1.41. The van der Waals surface area contributed by atoms with E-state index in [1.807, 2.05) is 6.92 Å². The van der Waals surface area contributed by atoms with Crippen molar-refractivity contribution in [2.45, 2.75) is 45.3 Å². The van der Waals surface area contributed by atoms with Gasteiger partial charge in [0, 0.05) is 11.6 Å². The molecule has 0 aliphatic heterocycles. The van der Waals surface area contributed by atoms with Gasteiger partial charge in [-0.1, -0.05) is 0 Å². The number of nitrogens with one attached hydrogen (secondary N) is 1. The van der Waals surface area contributed by atoms with Crippen LogP contribution in [0.2, 0.25) is 0 Å². The minimum absolute atomic E-state index is 0.0313. The summed E-state index contributed by atoms with van der Waals surface area (Å²) in [6, 6.07) is -0.0313. The van der Waals surface area contributed by atoms with E-state index in [-0.39, 0.29) is 11.9 Å². The van der Waals surface area contributed by atoms with Gasteiger partial charge < -0.3 is 9.73 Å². The van der Waals surface area contributed by atoms with E-state index in [0.717, 1.165) is 12.0 Å². The number of halogens is 1. The van der Waals surface area contributed by atoms with E-state index in [1.165, 1.54) is 0 Å². The highest BCUT2D eigenvalue weighted by Gasteiger charge is 2.27. The smallest absolute Gasteiger partial charge is 0.255 e. The third-order valence-corrected chi connectivity index (χ3v) is 3.09. The minimum atomic E-state index is -0.767. The van der Waals surface area contributed by atoms with Crippen molar-refractivity contribution in [1.29, 1.82) is 0 Å². The van der Waals surface area contributed by atoms with Gasteiger partial charge in [0.1, 0.15) is 11.9 Å². The Bertz CT molecular complexity index is 380. The largest absolute Gasteiger partial charge is 0.469 e. The van der Waals surface area contributed by atoms with Crippen LogP contribution < -0.4 is 5.32 Å². The standard InChI is InChI=1S/C12H16FNO2/c1-7-6-16-8(2)11(7)12(15)14-10-4-3-9(13)5-10/h6,9-10H,3-5H2,1-2H3,(H,14,15)/t9-,10+/m1/s1. The molecule has 1 saturated carbocycles. The van der Waals surface area contributed by atoms with Crippen LogP contribution in [0.15, 0.2) is 10.7 Å². The molecule has 2 rings (SSSR count). The van der Waals surface area contributed by atoms with Crippen molar-refractivity contribution in [1.82, 2.24) is 5.32 Å². The molecule has 0 aromatic carbocycles. The van der Waals surface area contributed by atoms with Gasteiger partial charge in [-0.2, -0.15) is 0 Å². The summed E-state index contributed by atoms with van der Waals surface area (Å²) in [6.07, 6.45) is 2.51. The van der Waals surface area contributed by atoms with Gasteiger partial charge in [0.25, 0.3) is 5.91 Å². The molecule has 0 unspecified atom stereocenters. The fourth-order valence-electron chi connectivity index (χ4n) is 2.23. The number of carbonyl (C=O) groups excluding carboxylic acids is 1. The molecule has 1 amide bonds. The first-order chi connectivity index (χ1) is 7.58. The SMILES string of the molecule is Cc1coc(C)c1C(=O)N[C@H]1CC[C@@H](F)C1. The lowest BCUT2D eigenvalue weighted by molar-refractivity contribution is 0.0934. The molecule has 4 heteroatoms. The van der Waals surface area contributed by atoms with Gasteiger partial charge >= 0.3 is 0 Å². The lowest BCUT2D eigenvalue weighted by Gasteiger charge is -2.11. The molecular formula is C12H16FNO2. The highest BCUT2D eigenvalue weighted by Crippen LogP contribution is 2.23. The fourth-order valence-corrected chi connectivity index (χ4v) is 2.23. The van der Waals surface area contributed by atoms with Crippen molar-refractivity contribution in [3.8, 4) is 0 Å². The first-order valence-electron chi connectivity index (χ1n) is 5.57. The Labute approximate surface area is 94.0 Å². The molecular weight excluding hydrogens is 209 g/mol. The summed E-state index contributed by atoms with van der Waals surface area (Å²) in [5, 5.41) is 2.85. The molecule has 1 aromatic rings. The molecule has 1 fully saturated rings. The highest BCUT2D eigenvalue weighted by molar-refractivity contribution is 5.96. The Morgan fingerprint density at radius 2 is 2.25 bits per heavy atom. The third kappa shape index (κ3) is 2.10. The van der Waals surface area contributed by atoms with Gasteiger partial charge in [0.15, 0.2) is 0 Å². The van der Waals surface area contributed by atoms with Gasteiger partial charge in [0.2, 0.25) is 0 Å². The second kappa shape index (κ2) is 4.28. The van der Waals surface area contributed by atoms with E-state index in [0.29, 0.717) is 24.2 Å². The summed E-state index contributed by atoms with van der Waals surface area (Å²) in [6.45, 7) is 3.59. The summed E-state index contributed by atoms with van der Waals surface area (Å²) in [4.78, 5) is 11.9. The minimum Gasteiger partial charge on any atom is -0.469 e. The Morgan fingerprint density at radius 3 is 2.75 bits per heavy atom. The molecule has 1 aliphatic carbocycles. The Hall–Kier alpha value is -1.32. The van der Waals surface area contributed by atoms with Gasteiger partial charge in [0.05, 0.1) is 11.8 Å². The zero-order valence-electron chi connectivity index (χ0n) is 9.55. The number of amides is 1. The third-order valence-electron chi connectivity index (χ3n) is 3.09. The van der Waals surface area contributed by atoms with Crippen LogP contribution in [-0.4, -0.2) is 18.1 Å². The molecule has 0 spiro atoms. The number of rotatable bonds is 2. The molecule has 0 bridgehead atoms. The molecule has 1 aliphatic rings. The van der Waals surface area contributed by atoms with Gasteiger partial charge in [-0.05, 0) is 33.1 Å². The molecule has 3 nitrogen and oxygen atoms in total. The molecule has 1 aromatic heterocycles. The van der Waals surface area contributed by atoms with Gasteiger partial charge in [-0.3, -0.25) is 4.79 Å². The average Bonchev–Trinajstić information content (AvgIpc) is 2.74. The maximum absolute atomic E-state index is 13.0. The molecule has 1 N–H and O–H groups in total. The zero-order chi connectivity index (χ0) is 11.7. The van der Waals surface area contributed by atoms with Crippen LogP contribution in [0.3, 0.4) is 0 Å². The molecule has 16 heavy (non-hydrogen) atoms. The number of hydrogen-bond donors (Lipinski definition) is 1. The van der Waals surface area contributed by atoms with Crippen molar-refractivity contribution in [3.05, 3.63) is 23.2 Å². The fraction of sp³-hybridized carbons (Fsp3) is 0.583. The predicted octanol–water partition coefficient (Wildman–Crippen LogP) is 2.52. The van der Waals surface area contributed by atoms with E-state index in [1.54, 1.807) is 13.2 Å². The van der Waals surface area contributed by atoms with E-state index in [2.05, 4.69) is 5.32 Å². The van der Waals surface area contributed by atoms with Crippen molar-refractivity contribution in [2.75, 3.05) is 0 Å². The van der Waals surface area contributed by atoms with E-state index < -0.39 is 6.17 Å². The second-order valence-electron chi connectivity index (χ2n) is 4.43. The van der Waals surface area contributed by atoms with E-state index >= 15 is 0 Å². The van der Waals surface area contributed by atoms with Crippen LogP contribution in [0.4, 0.5) is 4.39 Å². The molecule has 0 saturated heterocycles. The van der Waals surface area contributed by atoms with Crippen LogP contribution >= 0.6 is 0 Å². The van der Waals surface area contributed by atoms with E-state index in [9.17, 15) is 9.18 Å². The summed E-state index contributed by atoms with van der Waals surface area (Å²) >= 11 is 0. The summed E-state index contributed by atoms with van der Waals surface area (Å²) in [5.74, 6) is 0.465. The van der Waals surface area contributed by atoms with Crippen LogP contribution in [-0.2, 0) is 0 Å².